The van der Waals surface area contributed by atoms with Gasteiger partial charge in [0.05, 0.1) is 23.5 Å². The van der Waals surface area contributed by atoms with E-state index in [0.717, 1.165) is 11.3 Å². The number of amides is 2. The van der Waals surface area contributed by atoms with Crippen LogP contribution in [0.25, 0.3) is 5.57 Å². The molecule has 2 aliphatic rings. The van der Waals surface area contributed by atoms with E-state index < -0.39 is 0 Å². The molecule has 2 atom stereocenters. The number of rotatable bonds is 4. The Morgan fingerprint density at radius 3 is 2.03 bits per heavy atom. The summed E-state index contributed by atoms with van der Waals surface area (Å²) in [6.45, 7) is 5.12. The maximum absolute atomic E-state index is 13.6. The standard InChI is InChI=1S/C24H27N3O3/c1-16-14-26(15-17(2)30-16)22-21(18-8-6-5-7-9-18)23(28)27(24(22)29)20-12-10-19(11-13-20)25(3)4/h5-13,16-17H,14-15H2,1-4H3. The first kappa shape index (κ1) is 20.2. The van der Waals surface area contributed by atoms with Crippen molar-refractivity contribution in [1.29, 1.82) is 0 Å². The van der Waals surface area contributed by atoms with Gasteiger partial charge in [0.25, 0.3) is 11.8 Å². The molecule has 1 fully saturated rings. The van der Waals surface area contributed by atoms with E-state index in [-0.39, 0.29) is 24.0 Å². The SMILES string of the molecule is CC1CN(C2=C(c3ccccc3)C(=O)N(c3ccc(N(C)C)cc3)C2=O)CC(C)O1. The molecule has 0 spiro atoms. The van der Waals surface area contributed by atoms with E-state index in [1.807, 2.05) is 92.3 Å². The van der Waals surface area contributed by atoms with E-state index in [4.69, 9.17) is 4.74 Å². The molecule has 1 saturated heterocycles. The third-order valence-electron chi connectivity index (χ3n) is 5.48. The fraction of sp³-hybridized carbons (Fsp3) is 0.333. The van der Waals surface area contributed by atoms with Crippen LogP contribution in [0, 0.1) is 0 Å². The quantitative estimate of drug-likeness (QED) is 0.732. The smallest absolute Gasteiger partial charge is 0.282 e. The van der Waals surface area contributed by atoms with Crippen LogP contribution in [0.3, 0.4) is 0 Å². The molecule has 0 saturated carbocycles. The summed E-state index contributed by atoms with van der Waals surface area (Å²) in [5.74, 6) is -0.566. The summed E-state index contributed by atoms with van der Waals surface area (Å²) in [6.07, 6.45) is -0.0378. The monoisotopic (exact) mass is 405 g/mol. The van der Waals surface area contributed by atoms with Crippen LogP contribution in [0.1, 0.15) is 19.4 Å². The molecule has 2 aliphatic heterocycles. The lowest BCUT2D eigenvalue weighted by Gasteiger charge is -2.37. The zero-order chi connectivity index (χ0) is 21.4. The van der Waals surface area contributed by atoms with Gasteiger partial charge in [0.2, 0.25) is 0 Å². The van der Waals surface area contributed by atoms with Crippen LogP contribution in [0.2, 0.25) is 0 Å². The molecule has 6 nitrogen and oxygen atoms in total. The van der Waals surface area contributed by atoms with Crippen molar-refractivity contribution >= 4 is 28.8 Å². The summed E-state index contributed by atoms with van der Waals surface area (Å²) in [5.41, 5.74) is 3.26. The first-order valence-electron chi connectivity index (χ1n) is 10.2. The Morgan fingerprint density at radius 1 is 0.867 bits per heavy atom. The van der Waals surface area contributed by atoms with Gasteiger partial charge in [-0.3, -0.25) is 9.59 Å². The lowest BCUT2D eigenvalue weighted by atomic mass is 10.0. The summed E-state index contributed by atoms with van der Waals surface area (Å²) in [5, 5.41) is 0. The first-order chi connectivity index (χ1) is 14.4. The predicted octanol–water partition coefficient (Wildman–Crippen LogP) is 3.15. The van der Waals surface area contributed by atoms with Gasteiger partial charge in [-0.05, 0) is 43.7 Å². The van der Waals surface area contributed by atoms with Crippen molar-refractivity contribution in [2.45, 2.75) is 26.1 Å². The number of hydrogen-bond acceptors (Lipinski definition) is 5. The van der Waals surface area contributed by atoms with Gasteiger partial charge in [-0.1, -0.05) is 30.3 Å². The van der Waals surface area contributed by atoms with Crippen LogP contribution in [-0.4, -0.2) is 56.1 Å². The molecule has 2 aromatic rings. The van der Waals surface area contributed by atoms with Gasteiger partial charge >= 0.3 is 0 Å². The van der Waals surface area contributed by atoms with E-state index in [2.05, 4.69) is 0 Å². The largest absolute Gasteiger partial charge is 0.378 e. The molecule has 0 radical (unpaired) electrons. The Kier molecular flexibility index (Phi) is 5.35. The fourth-order valence-corrected chi connectivity index (χ4v) is 4.17. The van der Waals surface area contributed by atoms with Crippen LogP contribution >= 0.6 is 0 Å². The molecule has 4 rings (SSSR count). The van der Waals surface area contributed by atoms with E-state index in [0.29, 0.717) is 30.0 Å². The molecule has 2 aromatic carbocycles. The molecule has 6 heteroatoms. The average molecular weight is 405 g/mol. The van der Waals surface area contributed by atoms with E-state index in [1.54, 1.807) is 0 Å². The minimum Gasteiger partial charge on any atom is -0.378 e. The highest BCUT2D eigenvalue weighted by Gasteiger charge is 2.43. The minimum absolute atomic E-state index is 0.0189. The number of anilines is 2. The van der Waals surface area contributed by atoms with Gasteiger partial charge in [0.1, 0.15) is 5.70 Å². The first-order valence-corrected chi connectivity index (χ1v) is 10.2. The van der Waals surface area contributed by atoms with Crippen LogP contribution in [0.5, 0.6) is 0 Å². The maximum atomic E-state index is 13.6. The number of morpholine rings is 1. The molecule has 0 N–H and O–H groups in total. The molecule has 2 heterocycles. The lowest BCUT2D eigenvalue weighted by Crippen LogP contribution is -2.47. The Morgan fingerprint density at radius 2 is 1.47 bits per heavy atom. The number of carbonyl (C=O) groups is 2. The number of nitrogens with zero attached hydrogens (tertiary/aromatic N) is 3. The predicted molar refractivity (Wildman–Crippen MR) is 118 cm³/mol. The van der Waals surface area contributed by atoms with Crippen LogP contribution in [0.15, 0.2) is 60.3 Å². The maximum Gasteiger partial charge on any atom is 0.282 e. The van der Waals surface area contributed by atoms with Gasteiger partial charge in [-0.2, -0.15) is 0 Å². The van der Waals surface area contributed by atoms with Crippen molar-refractivity contribution < 1.29 is 14.3 Å². The second-order valence-electron chi connectivity index (χ2n) is 8.11. The molecule has 0 aromatic heterocycles. The Balaban J connectivity index is 1.78. The zero-order valence-corrected chi connectivity index (χ0v) is 17.8. The topological polar surface area (TPSA) is 53.1 Å². The van der Waals surface area contributed by atoms with E-state index in [9.17, 15) is 9.59 Å². The van der Waals surface area contributed by atoms with Crippen LogP contribution < -0.4 is 9.80 Å². The summed E-state index contributed by atoms with van der Waals surface area (Å²) in [7, 11) is 3.91. The van der Waals surface area contributed by atoms with Gasteiger partial charge in [-0.25, -0.2) is 4.90 Å². The summed E-state index contributed by atoms with van der Waals surface area (Å²) in [6, 6.07) is 16.9. The fourth-order valence-electron chi connectivity index (χ4n) is 4.17. The number of hydrogen-bond donors (Lipinski definition) is 0. The van der Waals surface area contributed by atoms with E-state index in [1.165, 1.54) is 4.90 Å². The van der Waals surface area contributed by atoms with Gasteiger partial charge in [-0.15, -0.1) is 0 Å². The second-order valence-corrected chi connectivity index (χ2v) is 8.11. The van der Waals surface area contributed by atoms with Gasteiger partial charge < -0.3 is 14.5 Å². The van der Waals surface area contributed by atoms with Crippen molar-refractivity contribution in [2.24, 2.45) is 0 Å². The lowest BCUT2D eigenvalue weighted by molar-refractivity contribution is -0.121. The molecule has 2 unspecified atom stereocenters. The highest BCUT2D eigenvalue weighted by molar-refractivity contribution is 6.45. The number of ether oxygens (including phenoxy) is 1. The summed E-state index contributed by atoms with van der Waals surface area (Å²) in [4.78, 5) is 32.4. The minimum atomic E-state index is -0.286. The average Bonchev–Trinajstić information content (AvgIpc) is 2.98. The Bertz CT molecular complexity index is 973. The van der Waals surface area contributed by atoms with Crippen LogP contribution in [0.4, 0.5) is 11.4 Å². The third-order valence-corrected chi connectivity index (χ3v) is 5.48. The highest BCUT2D eigenvalue weighted by atomic mass is 16.5. The van der Waals surface area contributed by atoms with Gasteiger partial charge in [0, 0.05) is 32.9 Å². The molecule has 30 heavy (non-hydrogen) atoms. The summed E-state index contributed by atoms with van der Waals surface area (Å²) >= 11 is 0. The number of carbonyl (C=O) groups excluding carboxylic acids is 2. The molecule has 2 amide bonds. The molecular formula is C24H27N3O3. The van der Waals surface area contributed by atoms with Crippen molar-refractivity contribution in [1.82, 2.24) is 4.90 Å². The molecule has 0 bridgehead atoms. The summed E-state index contributed by atoms with van der Waals surface area (Å²) < 4.78 is 5.85. The van der Waals surface area contributed by atoms with Gasteiger partial charge in [0.15, 0.2) is 0 Å². The second kappa shape index (κ2) is 7.95. The molecule has 156 valence electrons. The zero-order valence-electron chi connectivity index (χ0n) is 17.8. The molecular weight excluding hydrogens is 378 g/mol. The Hall–Kier alpha value is -3.12. The number of imide groups is 1. The van der Waals surface area contributed by atoms with Crippen molar-refractivity contribution in [3.05, 3.63) is 65.9 Å². The normalized spacial score (nSPS) is 22.1. The molecule has 0 aliphatic carbocycles. The van der Waals surface area contributed by atoms with Crippen molar-refractivity contribution in [3.8, 4) is 0 Å². The van der Waals surface area contributed by atoms with E-state index >= 15 is 0 Å². The highest BCUT2D eigenvalue weighted by Crippen LogP contribution is 2.36. The number of benzene rings is 2. The van der Waals surface area contributed by atoms with Crippen molar-refractivity contribution in [3.63, 3.8) is 0 Å². The Labute approximate surface area is 177 Å². The van der Waals surface area contributed by atoms with Crippen LogP contribution in [-0.2, 0) is 14.3 Å². The van der Waals surface area contributed by atoms with Crippen molar-refractivity contribution in [2.75, 3.05) is 37.0 Å². The third kappa shape index (κ3) is 3.59.